The lowest BCUT2D eigenvalue weighted by Gasteiger charge is -2.15. The van der Waals surface area contributed by atoms with E-state index in [2.05, 4.69) is 20.9 Å². The van der Waals surface area contributed by atoms with Gasteiger partial charge in [-0.1, -0.05) is 12.1 Å². The van der Waals surface area contributed by atoms with Crippen LogP contribution in [0.25, 0.3) is 11.6 Å². The van der Waals surface area contributed by atoms with E-state index in [9.17, 15) is 35.9 Å². The van der Waals surface area contributed by atoms with Crippen molar-refractivity contribution >= 4 is 52.0 Å². The highest BCUT2D eigenvalue weighted by atomic mass is 19.4. The highest BCUT2D eigenvalue weighted by molar-refractivity contribution is 6.35. The minimum Gasteiger partial charge on any atom is -0.362 e. The summed E-state index contributed by atoms with van der Waals surface area (Å²) < 4.78 is 78.6. The van der Waals surface area contributed by atoms with Crippen LogP contribution in [0.4, 0.5) is 59.6 Å². The number of hydrogen-bond donors (Lipinski definition) is 5. The van der Waals surface area contributed by atoms with Crippen molar-refractivity contribution in [3.63, 3.8) is 0 Å². The lowest BCUT2D eigenvalue weighted by molar-refractivity contribution is -0.143. The Morgan fingerprint density at radius 2 is 1.39 bits per heavy atom. The van der Waals surface area contributed by atoms with E-state index in [-0.39, 0.29) is 17.7 Å². The molecule has 3 aromatic carbocycles. The van der Waals surface area contributed by atoms with Crippen LogP contribution in [-0.2, 0) is 17.1 Å². The molecule has 0 saturated carbocycles. The maximum absolute atomic E-state index is 13.1. The first-order chi connectivity index (χ1) is 19.3. The van der Waals surface area contributed by atoms with E-state index < -0.39 is 35.2 Å². The van der Waals surface area contributed by atoms with Crippen molar-refractivity contribution < 1.29 is 35.9 Å². The number of nitrogens with one attached hydrogen (secondary N) is 5. The quantitative estimate of drug-likeness (QED) is 0.124. The zero-order chi connectivity index (χ0) is 29.4. The van der Waals surface area contributed by atoms with Gasteiger partial charge in [0.1, 0.15) is 0 Å². The number of rotatable bonds is 5. The summed E-state index contributed by atoms with van der Waals surface area (Å²) in [6.45, 7) is 0. The SMILES string of the molecule is O=C(Nc1cccc(Nc2ccc3c(c2)NC(=O)/C3=C/c2ccc[nH]2)c1)Nc1cc(C(F)(F)F)cc(C(F)(F)F)c1. The van der Waals surface area contributed by atoms with Crippen molar-refractivity contribution in [2.75, 3.05) is 21.3 Å². The van der Waals surface area contributed by atoms with E-state index in [1.165, 1.54) is 12.1 Å². The van der Waals surface area contributed by atoms with Gasteiger partial charge in [0, 0.05) is 40.2 Å². The maximum Gasteiger partial charge on any atom is 0.416 e. The molecule has 2 heterocycles. The predicted octanol–water partition coefficient (Wildman–Crippen LogP) is 7.93. The number of halogens is 6. The number of carbonyl (C=O) groups excluding carboxylic acids is 2. The van der Waals surface area contributed by atoms with Crippen LogP contribution in [0.2, 0.25) is 0 Å². The molecule has 210 valence electrons. The van der Waals surface area contributed by atoms with Crippen molar-refractivity contribution in [3.8, 4) is 0 Å². The summed E-state index contributed by atoms with van der Waals surface area (Å²) in [5.74, 6) is -0.257. The third kappa shape index (κ3) is 6.35. The van der Waals surface area contributed by atoms with Gasteiger partial charge in [0.05, 0.1) is 22.4 Å². The molecule has 0 fully saturated rings. The third-order valence-corrected chi connectivity index (χ3v) is 5.98. The Morgan fingerprint density at radius 3 is 2.05 bits per heavy atom. The van der Waals surface area contributed by atoms with Crippen LogP contribution in [0.1, 0.15) is 22.4 Å². The second-order valence-corrected chi connectivity index (χ2v) is 8.98. The number of urea groups is 1. The minimum absolute atomic E-state index is 0.0262. The fraction of sp³-hybridized carbons (Fsp3) is 0.0714. The molecule has 13 heteroatoms. The number of H-pyrrole nitrogens is 1. The molecule has 7 nitrogen and oxygen atoms in total. The summed E-state index contributed by atoms with van der Waals surface area (Å²) in [6, 6.07) is 14.9. The van der Waals surface area contributed by atoms with Crippen LogP contribution in [0.15, 0.2) is 79.0 Å². The molecule has 5 N–H and O–H groups in total. The molecular weight excluding hydrogens is 552 g/mol. The highest BCUT2D eigenvalue weighted by Crippen LogP contribution is 2.38. The Labute approximate surface area is 228 Å². The predicted molar refractivity (Wildman–Crippen MR) is 143 cm³/mol. The number of aromatic nitrogens is 1. The summed E-state index contributed by atoms with van der Waals surface area (Å²) in [7, 11) is 0. The summed E-state index contributed by atoms with van der Waals surface area (Å²) in [6.07, 6.45) is -6.62. The molecule has 1 aliphatic heterocycles. The molecule has 0 saturated heterocycles. The molecule has 0 spiro atoms. The van der Waals surface area contributed by atoms with Crippen molar-refractivity contribution in [1.82, 2.24) is 4.98 Å². The van der Waals surface area contributed by atoms with Crippen molar-refractivity contribution in [3.05, 3.63) is 101 Å². The Hall–Kier alpha value is -5.20. The second kappa shape index (κ2) is 10.4. The number of amides is 3. The van der Waals surface area contributed by atoms with Crippen LogP contribution in [0.5, 0.6) is 0 Å². The van der Waals surface area contributed by atoms with Gasteiger partial charge in [0.25, 0.3) is 5.91 Å². The summed E-state index contributed by atoms with van der Waals surface area (Å²) in [4.78, 5) is 27.9. The first-order valence-electron chi connectivity index (χ1n) is 11.9. The van der Waals surface area contributed by atoms with Gasteiger partial charge in [-0.25, -0.2) is 4.79 Å². The Kier molecular flexibility index (Phi) is 6.95. The van der Waals surface area contributed by atoms with Gasteiger partial charge < -0.3 is 26.3 Å². The van der Waals surface area contributed by atoms with Crippen LogP contribution in [0, 0.1) is 0 Å². The zero-order valence-electron chi connectivity index (χ0n) is 20.7. The second-order valence-electron chi connectivity index (χ2n) is 8.98. The Bertz CT molecular complexity index is 1630. The summed E-state index contributed by atoms with van der Waals surface area (Å²) in [5, 5.41) is 10.3. The van der Waals surface area contributed by atoms with Crippen LogP contribution < -0.4 is 21.3 Å². The average molecular weight is 571 g/mol. The van der Waals surface area contributed by atoms with Gasteiger partial charge in [0.2, 0.25) is 0 Å². The standard InChI is InChI=1S/C28H19F6N5O2/c29-27(30,31)15-9-16(28(32,33)34)11-21(10-15)38-26(41)37-19-4-1-3-18(12-19)36-20-6-7-22-23(13-17-5-2-8-35-17)25(40)39-24(22)14-20/h1-14,35-36H,(H,39,40)(H2,37,38,41)/b23-13+. The first kappa shape index (κ1) is 27.4. The van der Waals surface area contributed by atoms with Gasteiger partial charge in [-0.2, -0.15) is 26.3 Å². The number of anilines is 5. The maximum atomic E-state index is 13.1. The monoisotopic (exact) mass is 571 g/mol. The van der Waals surface area contributed by atoms with Gasteiger partial charge in [-0.15, -0.1) is 0 Å². The number of benzene rings is 3. The van der Waals surface area contributed by atoms with Crippen LogP contribution in [0.3, 0.4) is 0 Å². The molecule has 5 rings (SSSR count). The third-order valence-electron chi connectivity index (χ3n) is 5.98. The number of aromatic amines is 1. The van der Waals surface area contributed by atoms with E-state index in [0.717, 1.165) is 5.69 Å². The summed E-state index contributed by atoms with van der Waals surface area (Å²) >= 11 is 0. The van der Waals surface area contributed by atoms with Crippen LogP contribution in [-0.4, -0.2) is 16.9 Å². The molecule has 3 amide bonds. The van der Waals surface area contributed by atoms with Gasteiger partial charge in [0.15, 0.2) is 0 Å². The van der Waals surface area contributed by atoms with Crippen molar-refractivity contribution in [2.24, 2.45) is 0 Å². The van der Waals surface area contributed by atoms with Crippen LogP contribution >= 0.6 is 0 Å². The van der Waals surface area contributed by atoms with Crippen molar-refractivity contribution in [2.45, 2.75) is 12.4 Å². The van der Waals surface area contributed by atoms with E-state index >= 15 is 0 Å². The highest BCUT2D eigenvalue weighted by Gasteiger charge is 2.37. The molecule has 0 atom stereocenters. The van der Waals surface area contributed by atoms with Gasteiger partial charge >= 0.3 is 18.4 Å². The molecule has 0 bridgehead atoms. The van der Waals surface area contributed by atoms with Crippen molar-refractivity contribution in [1.29, 1.82) is 0 Å². The molecule has 1 aromatic heterocycles. The normalized spacial score (nSPS) is 14.0. The average Bonchev–Trinajstić information content (AvgIpc) is 3.50. The summed E-state index contributed by atoms with van der Waals surface area (Å²) in [5.41, 5.74) is 0.114. The smallest absolute Gasteiger partial charge is 0.362 e. The minimum atomic E-state index is -5.05. The zero-order valence-corrected chi connectivity index (χ0v) is 20.7. The Morgan fingerprint density at radius 1 is 0.732 bits per heavy atom. The molecule has 0 aliphatic carbocycles. The van der Waals surface area contributed by atoms with E-state index in [0.29, 0.717) is 40.3 Å². The van der Waals surface area contributed by atoms with E-state index in [1.807, 2.05) is 17.4 Å². The fourth-order valence-electron chi connectivity index (χ4n) is 4.17. The number of carbonyl (C=O) groups is 2. The molecule has 0 unspecified atom stereocenters. The van der Waals surface area contributed by atoms with Gasteiger partial charge in [-0.05, 0) is 66.7 Å². The van der Waals surface area contributed by atoms with Gasteiger partial charge in [-0.3, -0.25) is 4.79 Å². The molecule has 1 aliphatic rings. The molecule has 4 aromatic rings. The fourth-order valence-corrected chi connectivity index (χ4v) is 4.17. The lowest BCUT2D eigenvalue weighted by atomic mass is 10.1. The van der Waals surface area contributed by atoms with E-state index in [4.69, 9.17) is 0 Å². The lowest BCUT2D eigenvalue weighted by Crippen LogP contribution is -2.20. The number of fused-ring (bicyclic) bond motifs is 1. The van der Waals surface area contributed by atoms with E-state index in [1.54, 1.807) is 42.6 Å². The number of hydrogen-bond acceptors (Lipinski definition) is 3. The Balaban J connectivity index is 1.29. The topological polar surface area (TPSA) is 98.1 Å². The molecule has 0 radical (unpaired) electrons. The molecular formula is C28H19F6N5O2. The first-order valence-corrected chi connectivity index (χ1v) is 11.9. The largest absolute Gasteiger partial charge is 0.416 e. The number of alkyl halides is 6. The molecule has 41 heavy (non-hydrogen) atoms.